The number of anilines is 2. The van der Waals surface area contributed by atoms with Gasteiger partial charge in [-0.05, 0) is 54.8 Å². The Balaban J connectivity index is 1.65. The Morgan fingerprint density at radius 1 is 1.15 bits per heavy atom. The number of nitrogens with two attached hydrogens (primary N) is 1. The molecule has 1 amide bonds. The van der Waals surface area contributed by atoms with Crippen LogP contribution >= 0.6 is 11.3 Å². The lowest BCUT2D eigenvalue weighted by Crippen LogP contribution is -2.37. The van der Waals surface area contributed by atoms with Crippen molar-refractivity contribution in [1.82, 2.24) is 0 Å². The lowest BCUT2D eigenvalue weighted by atomic mass is 10.1. The van der Waals surface area contributed by atoms with Gasteiger partial charge in [0.05, 0.1) is 30.3 Å². The van der Waals surface area contributed by atoms with E-state index < -0.39 is 15.9 Å². The van der Waals surface area contributed by atoms with Crippen LogP contribution in [0.2, 0.25) is 0 Å². The number of hydrogen-bond donors (Lipinski definition) is 2. The SMILES string of the molecule is CCOC(=O)c1cc2cc(NC(=O)c3cc(S(N)(=O)=O)ccc3N3CCOCC3)ccc2s1. The number of carbonyl (C=O) groups excluding carboxylic acids is 2. The summed E-state index contributed by atoms with van der Waals surface area (Å²) in [6.07, 6.45) is 0. The van der Waals surface area contributed by atoms with Crippen LogP contribution in [0.4, 0.5) is 11.4 Å². The Hall–Kier alpha value is -2.99. The van der Waals surface area contributed by atoms with Gasteiger partial charge in [0.2, 0.25) is 10.0 Å². The second kappa shape index (κ2) is 9.48. The molecule has 1 aliphatic rings. The average molecular weight is 490 g/mol. The second-order valence-electron chi connectivity index (χ2n) is 7.36. The summed E-state index contributed by atoms with van der Waals surface area (Å²) >= 11 is 1.31. The molecule has 0 spiro atoms. The van der Waals surface area contributed by atoms with Crippen molar-refractivity contribution in [3.63, 3.8) is 0 Å². The molecule has 1 aliphatic heterocycles. The quantitative estimate of drug-likeness (QED) is 0.510. The summed E-state index contributed by atoms with van der Waals surface area (Å²) in [6.45, 7) is 4.20. The number of amides is 1. The summed E-state index contributed by atoms with van der Waals surface area (Å²) in [5.41, 5.74) is 1.31. The first-order valence-corrected chi connectivity index (χ1v) is 12.6. The summed E-state index contributed by atoms with van der Waals surface area (Å²) in [6, 6.07) is 11.3. The Morgan fingerprint density at radius 2 is 1.91 bits per heavy atom. The monoisotopic (exact) mass is 489 g/mol. The summed E-state index contributed by atoms with van der Waals surface area (Å²) in [7, 11) is -3.98. The van der Waals surface area contributed by atoms with Gasteiger partial charge >= 0.3 is 5.97 Å². The number of primary sulfonamides is 1. The fourth-order valence-corrected chi connectivity index (χ4v) is 5.05. The van der Waals surface area contributed by atoms with Crippen molar-refractivity contribution in [2.24, 2.45) is 5.14 Å². The van der Waals surface area contributed by atoms with Gasteiger partial charge in [-0.25, -0.2) is 18.4 Å². The number of nitrogens with one attached hydrogen (secondary N) is 1. The predicted molar refractivity (Wildman–Crippen MR) is 127 cm³/mol. The fraction of sp³-hybridized carbons (Fsp3) is 0.273. The molecule has 174 valence electrons. The van der Waals surface area contributed by atoms with Gasteiger partial charge in [0.15, 0.2) is 0 Å². The minimum atomic E-state index is -3.98. The van der Waals surface area contributed by atoms with E-state index >= 15 is 0 Å². The van der Waals surface area contributed by atoms with E-state index in [-0.39, 0.29) is 23.0 Å². The molecule has 0 saturated carbocycles. The van der Waals surface area contributed by atoms with Gasteiger partial charge in [0.25, 0.3) is 5.91 Å². The molecule has 4 rings (SSSR count). The van der Waals surface area contributed by atoms with Crippen LogP contribution in [-0.4, -0.2) is 53.2 Å². The van der Waals surface area contributed by atoms with Crippen molar-refractivity contribution in [2.75, 3.05) is 43.1 Å². The minimum Gasteiger partial charge on any atom is -0.462 e. The maximum Gasteiger partial charge on any atom is 0.348 e. The molecule has 0 aliphatic carbocycles. The van der Waals surface area contributed by atoms with Crippen LogP contribution in [0, 0.1) is 0 Å². The number of carbonyl (C=O) groups is 2. The van der Waals surface area contributed by atoms with Crippen LogP contribution < -0.4 is 15.4 Å². The number of thiophene rings is 1. The van der Waals surface area contributed by atoms with Gasteiger partial charge in [-0.3, -0.25) is 4.79 Å². The van der Waals surface area contributed by atoms with Crippen LogP contribution in [0.15, 0.2) is 47.4 Å². The smallest absolute Gasteiger partial charge is 0.348 e. The number of sulfonamides is 1. The highest BCUT2D eigenvalue weighted by Gasteiger charge is 2.22. The summed E-state index contributed by atoms with van der Waals surface area (Å²) < 4.78 is 35.1. The molecule has 0 bridgehead atoms. The zero-order valence-corrected chi connectivity index (χ0v) is 19.5. The number of rotatable bonds is 6. The van der Waals surface area contributed by atoms with E-state index in [4.69, 9.17) is 14.6 Å². The zero-order chi connectivity index (χ0) is 23.6. The average Bonchev–Trinajstić information content (AvgIpc) is 3.22. The molecule has 11 heteroatoms. The normalized spacial score (nSPS) is 14.3. The van der Waals surface area contributed by atoms with Gasteiger partial charge in [-0.2, -0.15) is 0 Å². The molecule has 3 aromatic rings. The van der Waals surface area contributed by atoms with Crippen molar-refractivity contribution >= 4 is 54.7 Å². The standard InChI is InChI=1S/C22H23N3O6S2/c1-2-31-22(27)20-12-14-11-15(3-6-19(14)32-20)24-21(26)17-13-16(33(23,28)29)4-5-18(17)25-7-9-30-10-8-25/h3-6,11-13H,2,7-10H2,1H3,(H,24,26)(H2,23,28,29). The molecular weight excluding hydrogens is 466 g/mol. The first kappa shape index (κ1) is 23.2. The third-order valence-electron chi connectivity index (χ3n) is 5.14. The number of nitrogens with zero attached hydrogens (tertiary/aromatic N) is 1. The number of esters is 1. The lowest BCUT2D eigenvalue weighted by molar-refractivity contribution is 0.0532. The van der Waals surface area contributed by atoms with Crippen LogP contribution in [0.1, 0.15) is 27.0 Å². The lowest BCUT2D eigenvalue weighted by Gasteiger charge is -2.30. The Kier molecular flexibility index (Phi) is 6.66. The topological polar surface area (TPSA) is 128 Å². The van der Waals surface area contributed by atoms with Gasteiger partial charge < -0.3 is 19.7 Å². The van der Waals surface area contributed by atoms with E-state index in [9.17, 15) is 18.0 Å². The van der Waals surface area contributed by atoms with E-state index in [1.165, 1.54) is 23.5 Å². The highest BCUT2D eigenvalue weighted by molar-refractivity contribution is 7.89. The van der Waals surface area contributed by atoms with Crippen LogP contribution in [0.5, 0.6) is 0 Å². The van der Waals surface area contributed by atoms with Crippen LogP contribution in [-0.2, 0) is 19.5 Å². The van der Waals surface area contributed by atoms with E-state index in [0.717, 1.165) is 10.1 Å². The van der Waals surface area contributed by atoms with Crippen LogP contribution in [0.3, 0.4) is 0 Å². The second-order valence-corrected chi connectivity index (χ2v) is 10.0. The number of ether oxygens (including phenoxy) is 2. The molecule has 33 heavy (non-hydrogen) atoms. The van der Waals surface area contributed by atoms with Crippen molar-refractivity contribution in [3.8, 4) is 0 Å². The Bertz CT molecular complexity index is 1310. The van der Waals surface area contributed by atoms with Crippen molar-refractivity contribution in [2.45, 2.75) is 11.8 Å². The number of hydrogen-bond acceptors (Lipinski definition) is 8. The molecule has 1 saturated heterocycles. The van der Waals surface area contributed by atoms with Gasteiger partial charge in [0.1, 0.15) is 4.88 Å². The maximum atomic E-state index is 13.2. The molecule has 2 heterocycles. The first-order chi connectivity index (χ1) is 15.8. The van der Waals surface area contributed by atoms with Gasteiger partial charge in [-0.15, -0.1) is 11.3 Å². The number of benzene rings is 2. The summed E-state index contributed by atoms with van der Waals surface area (Å²) in [5.74, 6) is -0.860. The molecule has 0 radical (unpaired) electrons. The van der Waals surface area contributed by atoms with E-state index in [2.05, 4.69) is 5.32 Å². The highest BCUT2D eigenvalue weighted by atomic mass is 32.2. The van der Waals surface area contributed by atoms with Gasteiger partial charge in [-0.1, -0.05) is 0 Å². The molecule has 0 unspecified atom stereocenters. The fourth-order valence-electron chi connectivity index (χ4n) is 3.58. The molecule has 1 fully saturated rings. The molecule has 2 aromatic carbocycles. The largest absolute Gasteiger partial charge is 0.462 e. The van der Waals surface area contributed by atoms with Crippen molar-refractivity contribution in [1.29, 1.82) is 0 Å². The Morgan fingerprint density at radius 3 is 2.61 bits per heavy atom. The van der Waals surface area contributed by atoms with E-state index in [0.29, 0.717) is 42.6 Å². The highest BCUT2D eigenvalue weighted by Crippen LogP contribution is 2.30. The van der Waals surface area contributed by atoms with E-state index in [1.807, 2.05) is 11.0 Å². The van der Waals surface area contributed by atoms with Crippen molar-refractivity contribution in [3.05, 3.63) is 52.9 Å². The summed E-state index contributed by atoms with van der Waals surface area (Å²) in [5, 5.41) is 8.90. The Labute approximate surface area is 195 Å². The number of morpholine rings is 1. The maximum absolute atomic E-state index is 13.2. The third kappa shape index (κ3) is 5.17. The molecule has 9 nitrogen and oxygen atoms in total. The molecular formula is C22H23N3O6S2. The molecule has 1 aromatic heterocycles. The van der Waals surface area contributed by atoms with Gasteiger partial charge in [0, 0.05) is 29.2 Å². The van der Waals surface area contributed by atoms with Crippen molar-refractivity contribution < 1.29 is 27.5 Å². The minimum absolute atomic E-state index is 0.142. The third-order valence-corrected chi connectivity index (χ3v) is 7.15. The van der Waals surface area contributed by atoms with E-state index in [1.54, 1.807) is 31.2 Å². The number of fused-ring (bicyclic) bond motifs is 1. The van der Waals surface area contributed by atoms with Crippen LogP contribution in [0.25, 0.3) is 10.1 Å². The first-order valence-electron chi connectivity index (χ1n) is 10.3. The summed E-state index contributed by atoms with van der Waals surface area (Å²) in [4.78, 5) is 27.5. The molecule has 0 atom stereocenters. The zero-order valence-electron chi connectivity index (χ0n) is 17.9. The molecule has 3 N–H and O–H groups in total. The predicted octanol–water partition coefficient (Wildman–Crippen LogP) is 2.81.